The number of para-hydroxylation sites is 2. The average Bonchev–Trinajstić information content (AvgIpc) is 2.85. The zero-order valence-electron chi connectivity index (χ0n) is 21.6. The highest BCUT2D eigenvalue weighted by Crippen LogP contribution is 2.46. The Morgan fingerprint density at radius 2 is 0.882 bits per heavy atom. The van der Waals surface area contributed by atoms with E-state index < -0.39 is 7.73 Å². The molecule has 190 valence electrons. The number of unbranched alkanes of at least 4 members (excludes halogenated alkanes) is 12. The zero-order valence-corrected chi connectivity index (χ0v) is 23.2. The van der Waals surface area contributed by atoms with Gasteiger partial charge in [0.2, 0.25) is 0 Å². The van der Waals surface area contributed by atoms with Crippen molar-refractivity contribution >= 4 is 19.0 Å². The molecule has 0 heterocycles. The van der Waals surface area contributed by atoms with E-state index in [9.17, 15) is 0 Å². The third-order valence-electron chi connectivity index (χ3n) is 6.38. The Balaban J connectivity index is 1.78. The van der Waals surface area contributed by atoms with E-state index in [2.05, 4.69) is 38.1 Å². The van der Waals surface area contributed by atoms with Gasteiger partial charge < -0.3 is 9.05 Å². The fourth-order valence-electron chi connectivity index (χ4n) is 4.32. The van der Waals surface area contributed by atoms with Gasteiger partial charge in [0.25, 0.3) is 0 Å². The lowest BCUT2D eigenvalue weighted by Crippen LogP contribution is -1.97. The smallest absolute Gasteiger partial charge is 0.401 e. The van der Waals surface area contributed by atoms with Crippen molar-refractivity contribution in [3.05, 3.63) is 59.7 Å². The molecule has 0 saturated heterocycles. The molecule has 0 amide bonds. The van der Waals surface area contributed by atoms with E-state index in [0.29, 0.717) is 0 Å². The summed E-state index contributed by atoms with van der Waals surface area (Å²) in [5.41, 5.74) is 2.45. The minimum atomic E-state index is -1.55. The van der Waals surface area contributed by atoms with E-state index in [1.807, 2.05) is 24.3 Å². The summed E-state index contributed by atoms with van der Waals surface area (Å²) in [5, 5.41) is 0. The summed E-state index contributed by atoms with van der Waals surface area (Å²) >= 11 is 6.58. The summed E-state index contributed by atoms with van der Waals surface area (Å²) in [7, 11) is -1.55. The van der Waals surface area contributed by atoms with Gasteiger partial charge in [-0.2, -0.15) is 0 Å². The van der Waals surface area contributed by atoms with Gasteiger partial charge in [-0.05, 0) is 60.2 Å². The first-order valence-electron chi connectivity index (χ1n) is 13.7. The maximum atomic E-state index is 6.58. The highest BCUT2D eigenvalue weighted by Gasteiger charge is 2.15. The maximum Gasteiger partial charge on any atom is 0.401 e. The fourth-order valence-corrected chi connectivity index (χ4v) is 5.47. The molecule has 0 spiro atoms. The van der Waals surface area contributed by atoms with Crippen molar-refractivity contribution in [2.24, 2.45) is 0 Å². The molecule has 4 heteroatoms. The van der Waals surface area contributed by atoms with Crippen molar-refractivity contribution in [3.63, 3.8) is 0 Å². The molecule has 0 unspecified atom stereocenters. The summed E-state index contributed by atoms with van der Waals surface area (Å²) in [6, 6.07) is 16.5. The molecule has 2 rings (SSSR count). The third-order valence-corrected chi connectivity index (χ3v) is 7.48. The molecule has 0 aliphatic rings. The molecule has 0 radical (unpaired) electrons. The minimum absolute atomic E-state index is 0.860. The molecule has 0 fully saturated rings. The average molecular weight is 505 g/mol. The first-order chi connectivity index (χ1) is 16.7. The normalized spacial score (nSPS) is 11.2. The Hall–Kier alpha value is -1.24. The van der Waals surface area contributed by atoms with Crippen LogP contribution in [-0.2, 0) is 12.8 Å². The SMILES string of the molecule is CCCCCCCCCc1ccccc1OP(Cl)Oc1ccccc1CCCCCCCCC. The second-order valence-electron chi connectivity index (χ2n) is 9.35. The van der Waals surface area contributed by atoms with Crippen molar-refractivity contribution in [2.45, 2.75) is 117 Å². The lowest BCUT2D eigenvalue weighted by molar-refractivity contribution is 0.497. The fraction of sp³-hybridized carbons (Fsp3) is 0.600. The number of hydrogen-bond donors (Lipinski definition) is 0. The summed E-state index contributed by atoms with van der Waals surface area (Å²) in [5.74, 6) is 1.72. The number of aryl methyl sites for hydroxylation is 2. The summed E-state index contributed by atoms with van der Waals surface area (Å²) in [6.45, 7) is 4.53. The van der Waals surface area contributed by atoms with Gasteiger partial charge in [-0.3, -0.25) is 0 Å². The van der Waals surface area contributed by atoms with Gasteiger partial charge in [0.1, 0.15) is 11.5 Å². The number of hydrogen-bond acceptors (Lipinski definition) is 2. The van der Waals surface area contributed by atoms with Gasteiger partial charge in [0.15, 0.2) is 0 Å². The minimum Gasteiger partial charge on any atom is -0.427 e. The first-order valence-corrected chi connectivity index (χ1v) is 15.8. The molecule has 0 atom stereocenters. The largest absolute Gasteiger partial charge is 0.427 e. The van der Waals surface area contributed by atoms with E-state index in [0.717, 1.165) is 24.3 Å². The standard InChI is InChI=1S/C30H46ClO2P/c1-3-5-7-9-11-13-15-21-27-23-17-19-25-29(27)32-34(31)33-30-26-20-18-24-28(30)22-16-14-12-10-8-6-4-2/h17-20,23-26H,3-16,21-22H2,1-2H3. The monoisotopic (exact) mass is 504 g/mol. The Kier molecular flexibility index (Phi) is 16.2. The predicted molar refractivity (Wildman–Crippen MR) is 150 cm³/mol. The van der Waals surface area contributed by atoms with Crippen molar-refractivity contribution < 1.29 is 9.05 Å². The van der Waals surface area contributed by atoms with Crippen LogP contribution in [0.15, 0.2) is 48.5 Å². The lowest BCUT2D eigenvalue weighted by atomic mass is 10.0. The molecule has 2 aromatic carbocycles. The van der Waals surface area contributed by atoms with Gasteiger partial charge in [0, 0.05) is 0 Å². The third kappa shape index (κ3) is 12.5. The molecular weight excluding hydrogens is 459 g/mol. The van der Waals surface area contributed by atoms with Crippen LogP contribution < -0.4 is 9.05 Å². The molecule has 0 N–H and O–H groups in total. The van der Waals surface area contributed by atoms with E-state index in [1.165, 1.54) is 101 Å². The van der Waals surface area contributed by atoms with Crippen LogP contribution in [-0.4, -0.2) is 0 Å². The Morgan fingerprint density at radius 1 is 0.529 bits per heavy atom. The van der Waals surface area contributed by atoms with Gasteiger partial charge >= 0.3 is 7.73 Å². The van der Waals surface area contributed by atoms with Crippen LogP contribution in [0, 0.1) is 0 Å². The molecule has 2 nitrogen and oxygen atoms in total. The van der Waals surface area contributed by atoms with Crippen LogP contribution in [0.2, 0.25) is 0 Å². The topological polar surface area (TPSA) is 18.5 Å². The first kappa shape index (κ1) is 29.0. The van der Waals surface area contributed by atoms with E-state index >= 15 is 0 Å². The Labute approximate surface area is 215 Å². The molecule has 34 heavy (non-hydrogen) atoms. The molecule has 0 aliphatic carbocycles. The summed E-state index contributed by atoms with van der Waals surface area (Å²) in [4.78, 5) is 0. The molecule has 0 aliphatic heterocycles. The lowest BCUT2D eigenvalue weighted by Gasteiger charge is -2.17. The Morgan fingerprint density at radius 3 is 1.29 bits per heavy atom. The van der Waals surface area contributed by atoms with Crippen molar-refractivity contribution in [1.82, 2.24) is 0 Å². The van der Waals surface area contributed by atoms with Crippen molar-refractivity contribution in [1.29, 1.82) is 0 Å². The van der Waals surface area contributed by atoms with Crippen LogP contribution in [0.1, 0.15) is 115 Å². The predicted octanol–water partition coefficient (Wildman–Crippen LogP) is 11.2. The highest BCUT2D eigenvalue weighted by molar-refractivity contribution is 7.76. The van der Waals surface area contributed by atoms with E-state index in [4.69, 9.17) is 20.3 Å². The van der Waals surface area contributed by atoms with Crippen molar-refractivity contribution in [2.75, 3.05) is 0 Å². The number of halogens is 1. The second-order valence-corrected chi connectivity index (χ2v) is 11.0. The van der Waals surface area contributed by atoms with Crippen LogP contribution in [0.25, 0.3) is 0 Å². The quantitative estimate of drug-likeness (QED) is 0.132. The molecule has 0 bridgehead atoms. The van der Waals surface area contributed by atoms with Crippen LogP contribution in [0.3, 0.4) is 0 Å². The molecule has 0 saturated carbocycles. The number of benzene rings is 2. The zero-order chi connectivity index (χ0) is 24.3. The van der Waals surface area contributed by atoms with Crippen LogP contribution in [0.4, 0.5) is 0 Å². The second kappa shape index (κ2) is 19.0. The Bertz CT molecular complexity index is 703. The molecule has 0 aromatic heterocycles. The van der Waals surface area contributed by atoms with Crippen LogP contribution in [0.5, 0.6) is 11.5 Å². The van der Waals surface area contributed by atoms with Gasteiger partial charge in [0.05, 0.1) is 0 Å². The van der Waals surface area contributed by atoms with Gasteiger partial charge in [-0.1, -0.05) is 127 Å². The summed E-state index contributed by atoms with van der Waals surface area (Å²) < 4.78 is 12.2. The maximum absolute atomic E-state index is 6.58. The van der Waals surface area contributed by atoms with Gasteiger partial charge in [-0.15, -0.1) is 0 Å². The van der Waals surface area contributed by atoms with E-state index in [-0.39, 0.29) is 0 Å². The van der Waals surface area contributed by atoms with Crippen molar-refractivity contribution in [3.8, 4) is 11.5 Å². The van der Waals surface area contributed by atoms with Crippen LogP contribution >= 0.6 is 19.0 Å². The number of rotatable bonds is 20. The van der Waals surface area contributed by atoms with E-state index in [1.54, 1.807) is 0 Å². The molecular formula is C30H46ClO2P. The highest BCUT2D eigenvalue weighted by atomic mass is 35.7. The molecule has 2 aromatic rings. The van der Waals surface area contributed by atoms with Gasteiger partial charge in [-0.25, -0.2) is 0 Å². The summed E-state index contributed by atoms with van der Waals surface area (Å²) in [6.07, 6.45) is 20.4.